The van der Waals surface area contributed by atoms with Crippen molar-refractivity contribution in [2.45, 2.75) is 109 Å². The molecule has 3 amide bonds. The number of likely N-dealkylation sites (N-methyl/N-ethyl adjacent to an activating group) is 1. The lowest BCUT2D eigenvalue weighted by atomic mass is 9.85. The number of nitrogens with zero attached hydrogens (tertiary/aromatic N) is 7. The van der Waals surface area contributed by atoms with Crippen LogP contribution < -0.4 is 19.7 Å². The number of hydrogen-bond donors (Lipinski definition) is 1. The van der Waals surface area contributed by atoms with Gasteiger partial charge in [0.2, 0.25) is 11.8 Å². The van der Waals surface area contributed by atoms with Crippen LogP contribution in [-0.4, -0.2) is 145 Å². The van der Waals surface area contributed by atoms with Crippen molar-refractivity contribution < 1.29 is 41.8 Å². The summed E-state index contributed by atoms with van der Waals surface area (Å²) in [5.74, 6) is -1.76. The number of piperidine rings is 1. The fraction of sp³-hybridized carbons (Fsp3) is 0.547. The second-order valence-corrected chi connectivity index (χ2v) is 19.7. The van der Waals surface area contributed by atoms with Gasteiger partial charge in [0, 0.05) is 75.2 Å². The van der Waals surface area contributed by atoms with Crippen molar-refractivity contribution >= 4 is 52.3 Å². The van der Waals surface area contributed by atoms with E-state index in [4.69, 9.17) is 26.1 Å². The lowest BCUT2D eigenvalue weighted by Crippen LogP contribution is -2.49. The van der Waals surface area contributed by atoms with Gasteiger partial charge in [-0.15, -0.1) is 0 Å². The summed E-state index contributed by atoms with van der Waals surface area (Å²) in [7, 11) is 3.56. The van der Waals surface area contributed by atoms with E-state index >= 15 is 8.78 Å². The Bertz CT molecular complexity index is 2570. The van der Waals surface area contributed by atoms with Gasteiger partial charge in [0.05, 0.1) is 23.2 Å². The summed E-state index contributed by atoms with van der Waals surface area (Å²) in [4.78, 5) is 68.9. The van der Waals surface area contributed by atoms with Crippen molar-refractivity contribution in [2.75, 3.05) is 84.6 Å². The molecule has 4 aromatic rings. The number of aromatic nitrogens is 2. The zero-order valence-corrected chi connectivity index (χ0v) is 41.9. The summed E-state index contributed by atoms with van der Waals surface area (Å²) in [6.45, 7) is 8.18. The Kier molecular flexibility index (Phi) is 17.4. The number of aldehydes is 1. The molecule has 3 fully saturated rings. The maximum absolute atomic E-state index is 17.1. The van der Waals surface area contributed by atoms with Gasteiger partial charge in [-0.1, -0.05) is 43.9 Å². The number of benzene rings is 3. The number of halogens is 4. The number of piperazine rings is 1. The molecular formula is C53H66ClF3N8O6. The van der Waals surface area contributed by atoms with Crippen molar-refractivity contribution in [3.8, 4) is 22.9 Å². The summed E-state index contributed by atoms with van der Waals surface area (Å²) < 4.78 is 60.3. The van der Waals surface area contributed by atoms with Crippen LogP contribution in [0.3, 0.4) is 0 Å². The molecule has 2 atom stereocenters. The maximum atomic E-state index is 17.1. The van der Waals surface area contributed by atoms with E-state index in [1.165, 1.54) is 30.1 Å². The summed E-state index contributed by atoms with van der Waals surface area (Å²) in [5, 5.41) is 2.89. The fourth-order valence-electron chi connectivity index (χ4n) is 10.7. The Morgan fingerprint density at radius 2 is 1.69 bits per heavy atom. The van der Waals surface area contributed by atoms with Gasteiger partial charge in [-0.3, -0.25) is 14.4 Å². The minimum atomic E-state index is -0.806. The highest BCUT2D eigenvalue weighted by molar-refractivity contribution is 6.34. The van der Waals surface area contributed by atoms with E-state index < -0.39 is 23.5 Å². The third kappa shape index (κ3) is 11.9. The minimum Gasteiger partial charge on any atom is -0.493 e. The van der Waals surface area contributed by atoms with Crippen molar-refractivity contribution in [3.63, 3.8) is 0 Å². The predicted molar refractivity (Wildman–Crippen MR) is 267 cm³/mol. The summed E-state index contributed by atoms with van der Waals surface area (Å²) >= 11 is 6.90. The molecule has 8 rings (SSSR count). The largest absolute Gasteiger partial charge is 0.493 e. The van der Waals surface area contributed by atoms with Crippen LogP contribution in [0, 0.1) is 17.5 Å². The van der Waals surface area contributed by atoms with Gasteiger partial charge in [0.25, 0.3) is 5.91 Å². The number of anilines is 1. The Balaban J connectivity index is 0.845. The Hall–Kier alpha value is -5.52. The first-order valence-corrected chi connectivity index (χ1v) is 25.7. The number of nitrogens with one attached hydrogen (secondary N) is 1. The van der Waals surface area contributed by atoms with Crippen LogP contribution in [-0.2, 0) is 20.9 Å². The second-order valence-electron chi connectivity index (χ2n) is 19.3. The molecule has 0 aliphatic carbocycles. The topological polar surface area (TPSA) is 141 Å². The highest BCUT2D eigenvalue weighted by atomic mass is 35.5. The van der Waals surface area contributed by atoms with Crippen molar-refractivity contribution in [2.24, 2.45) is 0 Å². The van der Waals surface area contributed by atoms with Crippen molar-refractivity contribution in [1.29, 1.82) is 0 Å². The van der Waals surface area contributed by atoms with Gasteiger partial charge in [-0.2, -0.15) is 9.97 Å². The van der Waals surface area contributed by atoms with Crippen molar-refractivity contribution in [1.82, 2.24) is 34.9 Å². The van der Waals surface area contributed by atoms with Gasteiger partial charge in [0.15, 0.2) is 5.82 Å². The molecule has 0 radical (unpaired) electrons. The number of amides is 3. The molecular weight excluding hydrogens is 937 g/mol. The Labute approximate surface area is 419 Å². The van der Waals surface area contributed by atoms with Gasteiger partial charge in [-0.05, 0) is 126 Å². The zero-order valence-electron chi connectivity index (χ0n) is 41.1. The molecule has 0 bridgehead atoms. The smallest absolute Gasteiger partial charge is 0.319 e. The average molecular weight is 1000 g/mol. The molecule has 14 nitrogen and oxygen atoms in total. The fourth-order valence-corrected chi connectivity index (χ4v) is 11.0. The number of unbranched alkanes of at least 4 members (excludes halogenated alkanes) is 4. The molecule has 3 aromatic carbocycles. The summed E-state index contributed by atoms with van der Waals surface area (Å²) in [5.41, 5.74) is 1.64. The number of likely N-dealkylation sites (tertiary alicyclic amines) is 2. The lowest BCUT2D eigenvalue weighted by molar-refractivity contribution is -0.131. The molecule has 18 heteroatoms. The van der Waals surface area contributed by atoms with Crippen LogP contribution in [0.25, 0.3) is 22.0 Å². The number of carbonyl (C=O) groups excluding carboxylic acids is 4. The van der Waals surface area contributed by atoms with Gasteiger partial charge in [0.1, 0.15) is 41.6 Å². The minimum absolute atomic E-state index is 0.0126. The van der Waals surface area contributed by atoms with Crippen LogP contribution in [0.1, 0.15) is 111 Å². The van der Waals surface area contributed by atoms with E-state index in [0.29, 0.717) is 75.3 Å². The molecule has 4 aliphatic rings. The predicted octanol–water partition coefficient (Wildman–Crippen LogP) is 8.16. The molecule has 5 heterocycles. The first kappa shape index (κ1) is 51.8. The quantitative estimate of drug-likeness (QED) is 0.0639. The molecule has 1 N–H and O–H groups in total. The number of ether oxygens (including phenoxy) is 2. The zero-order chi connectivity index (χ0) is 50.2. The van der Waals surface area contributed by atoms with E-state index in [1.807, 2.05) is 23.8 Å². The second kappa shape index (κ2) is 23.8. The van der Waals surface area contributed by atoms with Crippen LogP contribution in [0.5, 0.6) is 11.8 Å². The molecule has 2 unspecified atom stereocenters. The van der Waals surface area contributed by atoms with E-state index in [2.05, 4.69) is 20.1 Å². The normalized spacial score (nSPS) is 18.3. The highest BCUT2D eigenvalue weighted by Gasteiger charge is 2.37. The Morgan fingerprint density at radius 3 is 2.41 bits per heavy atom. The standard InChI is InChI=1S/C53H66ClF3N8O6/c1-4-46(68)63-23-25-64(26-24-63)51-40-30-42(54)47(49(57)50(40)59-53(60-51)71-33-37-12-11-19-61(37)3)48-43(56)13-10-14-44(48)70-27-9-7-5-6-8-20-62-21-17-34(18-22-62)38-28-35(55)29-39-41(38)31-65(52(39)69)36(32-66)15-16-45(67)58-2/h10,13-14,28-30,32,34,36-37H,4-9,11-12,15-27,31,33H2,1-3H3,(H,58,67). The summed E-state index contributed by atoms with van der Waals surface area (Å²) in [6, 6.07) is 8.22. The van der Waals surface area contributed by atoms with Crippen LogP contribution in [0.15, 0.2) is 36.4 Å². The first-order chi connectivity index (χ1) is 34.4. The molecule has 4 aliphatic heterocycles. The Morgan fingerprint density at radius 1 is 0.930 bits per heavy atom. The number of hydrogen-bond acceptors (Lipinski definition) is 11. The molecule has 3 saturated heterocycles. The average Bonchev–Trinajstić information content (AvgIpc) is 3.95. The number of carbonyl (C=O) groups is 4. The number of fused-ring (bicyclic) bond motifs is 2. The van der Waals surface area contributed by atoms with E-state index in [0.717, 1.165) is 88.7 Å². The first-order valence-electron chi connectivity index (χ1n) is 25.4. The van der Waals surface area contributed by atoms with Crippen molar-refractivity contribution in [3.05, 3.63) is 75.6 Å². The monoisotopic (exact) mass is 1000 g/mol. The SMILES string of the molecule is CCC(=O)N1CCN(c2nc(OCC3CCCN3C)nc3c(F)c(-c4c(F)cccc4OCCCCCCCN4CCC(c5cc(F)cc6c5CN(C(C=O)CCC(=O)NC)C6=O)CC4)c(Cl)cc23)CC1. The molecule has 382 valence electrons. The van der Waals surface area contributed by atoms with E-state index in [-0.39, 0.29) is 82.5 Å². The van der Waals surface area contributed by atoms with Crippen LogP contribution in [0.4, 0.5) is 19.0 Å². The third-order valence-corrected chi connectivity index (χ3v) is 15.2. The third-order valence-electron chi connectivity index (χ3n) is 14.9. The number of rotatable bonds is 21. The molecule has 0 saturated carbocycles. The van der Waals surface area contributed by atoms with Crippen LogP contribution in [0.2, 0.25) is 5.02 Å². The van der Waals surface area contributed by atoms with Gasteiger partial charge >= 0.3 is 6.01 Å². The maximum Gasteiger partial charge on any atom is 0.319 e. The van der Waals surface area contributed by atoms with Gasteiger partial charge < -0.3 is 44.1 Å². The molecule has 1 aromatic heterocycles. The molecule has 0 spiro atoms. The lowest BCUT2D eigenvalue weighted by Gasteiger charge is -2.36. The van der Waals surface area contributed by atoms with E-state index in [1.54, 1.807) is 18.2 Å². The summed E-state index contributed by atoms with van der Waals surface area (Å²) in [6.07, 6.45) is 9.67. The van der Waals surface area contributed by atoms with Gasteiger partial charge in [-0.25, -0.2) is 13.2 Å². The highest BCUT2D eigenvalue weighted by Crippen LogP contribution is 2.44. The van der Waals surface area contributed by atoms with E-state index in [9.17, 15) is 23.6 Å². The molecule has 71 heavy (non-hydrogen) atoms. The van der Waals surface area contributed by atoms with Crippen LogP contribution >= 0.6 is 11.6 Å².